The number of hydrogen-bond acceptors (Lipinski definition) is 5. The Balaban J connectivity index is 1.29. The molecular weight excluding hydrogens is 537 g/mol. The normalized spacial score (nSPS) is 14.6. The molecule has 1 aliphatic heterocycles. The number of carbonyl (C=O) groups is 2. The molecule has 0 saturated carbocycles. The first-order valence-electron chi connectivity index (χ1n) is 13.4. The number of amides is 3. The molecule has 218 valence electrons. The van der Waals surface area contributed by atoms with Gasteiger partial charge >= 0.3 is 12.2 Å². The van der Waals surface area contributed by atoms with E-state index in [-0.39, 0.29) is 11.7 Å². The zero-order valence-corrected chi connectivity index (χ0v) is 22.5. The number of hydrogen-bond donors (Lipinski definition) is 3. The summed E-state index contributed by atoms with van der Waals surface area (Å²) in [4.78, 5) is 28.1. The van der Waals surface area contributed by atoms with Crippen molar-refractivity contribution in [2.24, 2.45) is 0 Å². The predicted octanol–water partition coefficient (Wildman–Crippen LogP) is 5.07. The van der Waals surface area contributed by atoms with Crippen molar-refractivity contribution >= 4 is 17.6 Å². The Morgan fingerprint density at radius 2 is 1.54 bits per heavy atom. The van der Waals surface area contributed by atoms with Gasteiger partial charge in [0.25, 0.3) is 0 Å². The van der Waals surface area contributed by atoms with Gasteiger partial charge in [-0.15, -0.1) is 0 Å². The topological polar surface area (TPSA) is 91.9 Å². The fourth-order valence-electron chi connectivity index (χ4n) is 4.30. The summed E-state index contributed by atoms with van der Waals surface area (Å²) in [5, 5.41) is 8.41. The van der Waals surface area contributed by atoms with Crippen LogP contribution in [0.25, 0.3) is 0 Å². The van der Waals surface area contributed by atoms with Crippen molar-refractivity contribution in [3.05, 3.63) is 90.0 Å². The molecule has 1 fully saturated rings. The molecule has 3 aromatic carbocycles. The van der Waals surface area contributed by atoms with E-state index in [0.29, 0.717) is 24.4 Å². The molecule has 1 saturated heterocycles. The van der Waals surface area contributed by atoms with Crippen molar-refractivity contribution in [1.82, 2.24) is 15.5 Å². The Morgan fingerprint density at radius 1 is 0.902 bits per heavy atom. The number of carbonyl (C=O) groups excluding carboxylic acids is 2. The van der Waals surface area contributed by atoms with E-state index in [1.807, 2.05) is 30.3 Å². The number of nitrogens with one attached hydrogen (secondary N) is 3. The van der Waals surface area contributed by atoms with Crippen molar-refractivity contribution in [1.29, 1.82) is 0 Å². The number of urea groups is 1. The van der Waals surface area contributed by atoms with Crippen LogP contribution < -0.4 is 20.7 Å². The smallest absolute Gasteiger partial charge is 0.416 e. The predicted molar refractivity (Wildman–Crippen MR) is 149 cm³/mol. The Hall–Kier alpha value is -4.09. The van der Waals surface area contributed by atoms with E-state index < -0.39 is 23.8 Å². The second-order valence-electron chi connectivity index (χ2n) is 9.59. The van der Waals surface area contributed by atoms with Gasteiger partial charge in [0, 0.05) is 31.7 Å². The lowest BCUT2D eigenvalue weighted by Crippen LogP contribution is -2.49. The van der Waals surface area contributed by atoms with Gasteiger partial charge in [-0.3, -0.25) is 9.69 Å². The number of morpholine rings is 1. The van der Waals surface area contributed by atoms with Crippen molar-refractivity contribution in [2.75, 3.05) is 44.7 Å². The second kappa shape index (κ2) is 14.5. The van der Waals surface area contributed by atoms with Crippen molar-refractivity contribution in [2.45, 2.75) is 25.1 Å². The lowest BCUT2D eigenvalue weighted by atomic mass is 10.1. The quantitative estimate of drug-likeness (QED) is 0.280. The number of benzene rings is 3. The average molecular weight is 571 g/mol. The van der Waals surface area contributed by atoms with Crippen LogP contribution in [0.4, 0.5) is 23.7 Å². The van der Waals surface area contributed by atoms with E-state index >= 15 is 0 Å². The third-order valence-electron chi connectivity index (χ3n) is 6.49. The molecule has 0 aromatic heterocycles. The number of anilines is 1. The molecule has 3 aromatic rings. The van der Waals surface area contributed by atoms with E-state index in [2.05, 4.69) is 20.9 Å². The van der Waals surface area contributed by atoms with Crippen LogP contribution >= 0.6 is 0 Å². The van der Waals surface area contributed by atoms with Crippen LogP contribution in [0.15, 0.2) is 78.9 Å². The summed E-state index contributed by atoms with van der Waals surface area (Å²) < 4.78 is 49.2. The lowest BCUT2D eigenvalue weighted by molar-refractivity contribution is -0.137. The summed E-state index contributed by atoms with van der Waals surface area (Å²) in [6.45, 7) is 4.56. The molecule has 0 unspecified atom stereocenters. The SMILES string of the molecule is O=C(Nc1ccc(Oc2ccc(C(F)(F)F)cc2)cc1)N[C@H](Cc1ccccc1)C(=O)NCCCN1CCOCC1. The molecule has 3 N–H and O–H groups in total. The first-order chi connectivity index (χ1) is 19.8. The number of halogens is 3. The maximum Gasteiger partial charge on any atom is 0.416 e. The minimum atomic E-state index is -4.42. The van der Waals surface area contributed by atoms with E-state index in [0.717, 1.165) is 57.0 Å². The molecule has 0 aliphatic carbocycles. The number of rotatable bonds is 11. The highest BCUT2D eigenvalue weighted by Gasteiger charge is 2.30. The van der Waals surface area contributed by atoms with Crippen LogP contribution in [-0.2, 0) is 22.1 Å². The molecule has 4 rings (SSSR count). The zero-order valence-electron chi connectivity index (χ0n) is 22.5. The molecule has 11 heteroatoms. The highest BCUT2D eigenvalue weighted by Crippen LogP contribution is 2.31. The average Bonchev–Trinajstić information content (AvgIpc) is 2.97. The Labute approximate surface area is 236 Å². The summed E-state index contributed by atoms with van der Waals surface area (Å²) in [6.07, 6.45) is -3.31. The number of nitrogens with zero attached hydrogens (tertiary/aromatic N) is 1. The van der Waals surface area contributed by atoms with Gasteiger partial charge in [-0.1, -0.05) is 30.3 Å². The van der Waals surface area contributed by atoms with E-state index in [9.17, 15) is 22.8 Å². The first kappa shape index (κ1) is 29.9. The van der Waals surface area contributed by atoms with E-state index in [1.165, 1.54) is 12.1 Å². The zero-order chi connectivity index (χ0) is 29.1. The van der Waals surface area contributed by atoms with Crippen molar-refractivity contribution in [3.8, 4) is 11.5 Å². The largest absolute Gasteiger partial charge is 0.457 e. The molecule has 3 amide bonds. The second-order valence-corrected chi connectivity index (χ2v) is 9.59. The highest BCUT2D eigenvalue weighted by molar-refractivity contribution is 5.93. The molecule has 1 aliphatic rings. The van der Waals surface area contributed by atoms with Gasteiger partial charge in [-0.2, -0.15) is 13.2 Å². The van der Waals surface area contributed by atoms with Crippen LogP contribution in [0, 0.1) is 0 Å². The maximum atomic E-state index is 13.0. The summed E-state index contributed by atoms with van der Waals surface area (Å²) in [5.74, 6) is 0.358. The van der Waals surface area contributed by atoms with Gasteiger partial charge in [0.05, 0.1) is 18.8 Å². The Bertz CT molecular complexity index is 1250. The fourth-order valence-corrected chi connectivity index (χ4v) is 4.30. The van der Waals surface area contributed by atoms with Crippen LogP contribution in [-0.4, -0.2) is 62.3 Å². The molecular formula is C30H33F3N4O4. The molecule has 1 heterocycles. The highest BCUT2D eigenvalue weighted by atomic mass is 19.4. The van der Waals surface area contributed by atoms with E-state index in [1.54, 1.807) is 24.3 Å². The van der Waals surface area contributed by atoms with E-state index in [4.69, 9.17) is 9.47 Å². The van der Waals surface area contributed by atoms with Crippen LogP contribution in [0.2, 0.25) is 0 Å². The Morgan fingerprint density at radius 3 is 2.17 bits per heavy atom. The van der Waals surface area contributed by atoms with Gasteiger partial charge in [-0.05, 0) is 67.1 Å². The van der Waals surface area contributed by atoms with Crippen molar-refractivity contribution < 1.29 is 32.2 Å². The van der Waals surface area contributed by atoms with Crippen LogP contribution in [0.5, 0.6) is 11.5 Å². The van der Waals surface area contributed by atoms with Gasteiger partial charge in [0.2, 0.25) is 5.91 Å². The molecule has 8 nitrogen and oxygen atoms in total. The summed E-state index contributed by atoms with van der Waals surface area (Å²) >= 11 is 0. The molecule has 0 radical (unpaired) electrons. The fraction of sp³-hybridized carbons (Fsp3) is 0.333. The molecule has 41 heavy (non-hydrogen) atoms. The number of ether oxygens (including phenoxy) is 2. The van der Waals surface area contributed by atoms with Gasteiger partial charge in [0.1, 0.15) is 17.5 Å². The molecule has 0 spiro atoms. The molecule has 0 bridgehead atoms. The van der Waals surface area contributed by atoms with Gasteiger partial charge in [-0.25, -0.2) is 4.79 Å². The third kappa shape index (κ3) is 9.80. The standard InChI is InChI=1S/C30H33F3N4O4/c31-30(32,33)23-7-11-25(12-8-23)41-26-13-9-24(10-14-26)35-29(39)36-27(21-22-5-2-1-3-6-22)28(38)34-15-4-16-37-17-19-40-20-18-37/h1-3,5-14,27H,4,15-21H2,(H,34,38)(H2,35,36,39)/t27-/m1/s1. The Kier molecular flexibility index (Phi) is 10.6. The summed E-state index contributed by atoms with van der Waals surface area (Å²) in [7, 11) is 0. The van der Waals surface area contributed by atoms with Gasteiger partial charge in [0.15, 0.2) is 0 Å². The number of alkyl halides is 3. The van der Waals surface area contributed by atoms with Crippen LogP contribution in [0.3, 0.4) is 0 Å². The molecule has 1 atom stereocenters. The third-order valence-corrected chi connectivity index (χ3v) is 6.49. The lowest BCUT2D eigenvalue weighted by Gasteiger charge is -2.26. The minimum Gasteiger partial charge on any atom is -0.457 e. The maximum absolute atomic E-state index is 13.0. The van der Waals surface area contributed by atoms with Crippen LogP contribution in [0.1, 0.15) is 17.5 Å². The minimum absolute atomic E-state index is 0.246. The van der Waals surface area contributed by atoms with Crippen molar-refractivity contribution in [3.63, 3.8) is 0 Å². The summed E-state index contributed by atoms with van der Waals surface area (Å²) in [5.41, 5.74) is 0.598. The van der Waals surface area contributed by atoms with Gasteiger partial charge < -0.3 is 25.4 Å². The first-order valence-corrected chi connectivity index (χ1v) is 13.4. The summed E-state index contributed by atoms with van der Waals surface area (Å²) in [6, 6.07) is 18.8. The monoisotopic (exact) mass is 570 g/mol.